The Morgan fingerprint density at radius 1 is 1.08 bits per heavy atom. The molecule has 0 atom stereocenters. The fourth-order valence-corrected chi connectivity index (χ4v) is 4.29. The van der Waals surface area contributed by atoms with Crippen LogP contribution in [-0.2, 0) is 14.8 Å². The fraction of sp³-hybridized carbons (Fsp3) is 0.0588. The quantitative estimate of drug-likeness (QED) is 0.784. The van der Waals surface area contributed by atoms with Gasteiger partial charge in [-0.15, -0.1) is 0 Å². The lowest BCUT2D eigenvalue weighted by atomic mass is 10.2. The zero-order chi connectivity index (χ0) is 16.9. The van der Waals surface area contributed by atoms with E-state index in [0.29, 0.717) is 11.3 Å². The highest BCUT2D eigenvalue weighted by Crippen LogP contribution is 2.36. The third-order valence-electron chi connectivity index (χ3n) is 3.89. The normalized spacial score (nSPS) is 19.2. The zero-order valence-corrected chi connectivity index (χ0v) is 13.4. The molecule has 120 valence electrons. The summed E-state index contributed by atoms with van der Waals surface area (Å²) in [6.45, 7) is 0. The maximum absolute atomic E-state index is 12.5. The first-order chi connectivity index (χ1) is 11.5. The largest absolute Gasteiger partial charge is 0.497 e. The Hall–Kier alpha value is -2.93. The summed E-state index contributed by atoms with van der Waals surface area (Å²) in [5.41, 5.74) is 1.27. The van der Waals surface area contributed by atoms with Crippen molar-refractivity contribution in [3.63, 3.8) is 0 Å². The van der Waals surface area contributed by atoms with Gasteiger partial charge in [-0.2, -0.15) is 4.31 Å². The van der Waals surface area contributed by atoms with Crippen LogP contribution in [0, 0.1) is 0 Å². The van der Waals surface area contributed by atoms with Gasteiger partial charge in [0.25, 0.3) is 15.9 Å². The average molecular weight is 340 g/mol. The number of amidine groups is 1. The number of fused-ring (bicyclic) bond motifs is 3. The lowest BCUT2D eigenvalue weighted by Gasteiger charge is -2.08. The van der Waals surface area contributed by atoms with Crippen LogP contribution in [0.25, 0.3) is 6.08 Å². The Bertz CT molecular complexity index is 1020. The summed E-state index contributed by atoms with van der Waals surface area (Å²) < 4.78 is 30.9. The van der Waals surface area contributed by atoms with Gasteiger partial charge in [-0.05, 0) is 35.9 Å². The topological polar surface area (TPSA) is 76.0 Å². The van der Waals surface area contributed by atoms with Crippen LogP contribution in [0.1, 0.15) is 11.1 Å². The first kappa shape index (κ1) is 14.6. The number of ether oxygens (including phenoxy) is 1. The molecule has 0 unspecified atom stereocenters. The van der Waals surface area contributed by atoms with Gasteiger partial charge in [-0.25, -0.2) is 13.4 Å². The number of amides is 1. The smallest absolute Gasteiger partial charge is 0.292 e. The lowest BCUT2D eigenvalue weighted by molar-refractivity contribution is -0.119. The second-order valence-corrected chi connectivity index (χ2v) is 7.06. The van der Waals surface area contributed by atoms with Gasteiger partial charge in [0.1, 0.15) is 11.4 Å². The molecule has 2 aliphatic rings. The van der Waals surface area contributed by atoms with Crippen molar-refractivity contribution >= 4 is 27.8 Å². The fourth-order valence-electron chi connectivity index (χ4n) is 2.73. The lowest BCUT2D eigenvalue weighted by Crippen LogP contribution is -2.32. The molecule has 2 heterocycles. The van der Waals surface area contributed by atoms with Crippen LogP contribution in [0.4, 0.5) is 0 Å². The number of carbonyl (C=O) groups is 1. The van der Waals surface area contributed by atoms with Crippen LogP contribution in [0.5, 0.6) is 5.75 Å². The third-order valence-corrected chi connectivity index (χ3v) is 5.62. The molecule has 7 heteroatoms. The van der Waals surface area contributed by atoms with E-state index in [1.54, 1.807) is 55.7 Å². The molecule has 1 amide bonds. The summed E-state index contributed by atoms with van der Waals surface area (Å²) in [7, 11) is -2.31. The Morgan fingerprint density at radius 2 is 1.79 bits per heavy atom. The number of rotatable bonds is 2. The molecule has 24 heavy (non-hydrogen) atoms. The van der Waals surface area contributed by atoms with E-state index in [0.717, 1.165) is 9.87 Å². The summed E-state index contributed by atoms with van der Waals surface area (Å²) in [5.74, 6) is 0.214. The molecule has 0 saturated carbocycles. The summed E-state index contributed by atoms with van der Waals surface area (Å²) in [6, 6.07) is 13.5. The molecule has 2 aliphatic heterocycles. The standard InChI is InChI=1S/C17H12N2O4S/c1-23-12-8-6-11(7-9-12)10-14-17(20)19-16(18-14)13-4-2-3-5-15(13)24(19,21)22/h2-10H,1H3. The molecule has 0 bridgehead atoms. The first-order valence-electron chi connectivity index (χ1n) is 7.16. The van der Waals surface area contributed by atoms with Gasteiger partial charge in [-0.1, -0.05) is 24.3 Å². The van der Waals surface area contributed by atoms with Crippen LogP contribution in [-0.4, -0.2) is 31.6 Å². The Morgan fingerprint density at radius 3 is 2.50 bits per heavy atom. The van der Waals surface area contributed by atoms with Crippen LogP contribution in [0.15, 0.2) is 64.1 Å². The molecule has 0 N–H and O–H groups in total. The van der Waals surface area contributed by atoms with Gasteiger partial charge in [-0.3, -0.25) is 4.79 Å². The monoisotopic (exact) mass is 340 g/mol. The van der Waals surface area contributed by atoms with Gasteiger partial charge in [0.05, 0.1) is 12.0 Å². The highest BCUT2D eigenvalue weighted by atomic mass is 32.2. The number of hydrogen-bond acceptors (Lipinski definition) is 5. The Kier molecular flexibility index (Phi) is 3.07. The second-order valence-electron chi connectivity index (χ2n) is 5.31. The van der Waals surface area contributed by atoms with Crippen molar-refractivity contribution in [1.82, 2.24) is 4.31 Å². The molecule has 0 fully saturated rings. The van der Waals surface area contributed by atoms with Crippen molar-refractivity contribution in [1.29, 1.82) is 0 Å². The van der Waals surface area contributed by atoms with Crippen molar-refractivity contribution < 1.29 is 17.9 Å². The van der Waals surface area contributed by atoms with E-state index in [9.17, 15) is 13.2 Å². The third kappa shape index (κ3) is 1.98. The minimum atomic E-state index is -3.88. The van der Waals surface area contributed by atoms with Crippen LogP contribution in [0.3, 0.4) is 0 Å². The number of methoxy groups -OCH3 is 1. The van der Waals surface area contributed by atoms with E-state index < -0.39 is 15.9 Å². The maximum atomic E-state index is 12.5. The summed E-state index contributed by atoms with van der Waals surface area (Å²) in [6.07, 6.45) is 1.56. The number of carbonyl (C=O) groups excluding carboxylic acids is 1. The number of aliphatic imine (C=N–C) groups is 1. The molecular weight excluding hydrogens is 328 g/mol. The van der Waals surface area contributed by atoms with E-state index in [4.69, 9.17) is 4.74 Å². The molecule has 4 rings (SSSR count). The SMILES string of the molecule is COc1ccc(C=C2N=C3c4ccccc4S(=O)(=O)N3C2=O)cc1. The summed E-state index contributed by atoms with van der Waals surface area (Å²) >= 11 is 0. The molecule has 2 aromatic carbocycles. The van der Waals surface area contributed by atoms with E-state index in [1.807, 2.05) is 0 Å². The van der Waals surface area contributed by atoms with Crippen molar-refractivity contribution in [2.45, 2.75) is 4.90 Å². The molecule has 2 aromatic rings. The number of sulfonamides is 1. The van der Waals surface area contributed by atoms with E-state index in [2.05, 4.69) is 4.99 Å². The number of nitrogens with zero attached hydrogens (tertiary/aromatic N) is 2. The van der Waals surface area contributed by atoms with Gasteiger partial charge < -0.3 is 4.74 Å². The number of hydrogen-bond donors (Lipinski definition) is 0. The average Bonchev–Trinajstić information content (AvgIpc) is 3.03. The Balaban J connectivity index is 1.81. The molecule has 6 nitrogen and oxygen atoms in total. The molecule has 0 aliphatic carbocycles. The highest BCUT2D eigenvalue weighted by Gasteiger charge is 2.48. The van der Waals surface area contributed by atoms with Crippen LogP contribution >= 0.6 is 0 Å². The molecule has 0 radical (unpaired) electrons. The van der Waals surface area contributed by atoms with Gasteiger partial charge in [0.15, 0.2) is 5.84 Å². The van der Waals surface area contributed by atoms with Crippen molar-refractivity contribution in [3.05, 3.63) is 65.4 Å². The van der Waals surface area contributed by atoms with Crippen LogP contribution in [0.2, 0.25) is 0 Å². The number of benzene rings is 2. The van der Waals surface area contributed by atoms with Gasteiger partial charge in [0.2, 0.25) is 0 Å². The molecule has 0 saturated heterocycles. The highest BCUT2D eigenvalue weighted by molar-refractivity contribution is 7.91. The van der Waals surface area contributed by atoms with E-state index >= 15 is 0 Å². The minimum absolute atomic E-state index is 0.0910. The molecule has 0 spiro atoms. The molecule has 0 aromatic heterocycles. The van der Waals surface area contributed by atoms with Crippen molar-refractivity contribution in [2.75, 3.05) is 7.11 Å². The van der Waals surface area contributed by atoms with Gasteiger partial charge >= 0.3 is 0 Å². The van der Waals surface area contributed by atoms with Gasteiger partial charge in [0, 0.05) is 5.56 Å². The second kappa shape index (κ2) is 5.04. The first-order valence-corrected chi connectivity index (χ1v) is 8.60. The van der Waals surface area contributed by atoms with Crippen molar-refractivity contribution in [2.24, 2.45) is 4.99 Å². The maximum Gasteiger partial charge on any atom is 0.292 e. The van der Waals surface area contributed by atoms with E-state index in [1.165, 1.54) is 6.07 Å². The zero-order valence-electron chi connectivity index (χ0n) is 12.6. The van der Waals surface area contributed by atoms with Crippen molar-refractivity contribution in [3.8, 4) is 5.75 Å². The predicted molar refractivity (Wildman–Crippen MR) is 88.0 cm³/mol. The molecular formula is C17H12N2O4S. The Labute approximate surface area is 138 Å². The van der Waals surface area contributed by atoms with E-state index in [-0.39, 0.29) is 16.4 Å². The summed E-state index contributed by atoms with van der Waals surface area (Å²) in [4.78, 5) is 16.9. The minimum Gasteiger partial charge on any atom is -0.497 e. The summed E-state index contributed by atoms with van der Waals surface area (Å²) in [5, 5.41) is 0. The van der Waals surface area contributed by atoms with Crippen LogP contribution < -0.4 is 4.74 Å². The predicted octanol–water partition coefficient (Wildman–Crippen LogP) is 2.03.